The smallest absolute Gasteiger partial charge is 0.278 e. The number of nitrogens with one attached hydrogen (secondary N) is 2. The van der Waals surface area contributed by atoms with Gasteiger partial charge in [0.05, 0.1) is 23.3 Å². The number of hydrogen-bond acceptors (Lipinski definition) is 4. The first-order chi connectivity index (χ1) is 11.9. The highest BCUT2D eigenvalue weighted by molar-refractivity contribution is 7.18. The van der Waals surface area contributed by atoms with Crippen molar-refractivity contribution in [3.8, 4) is 0 Å². The topological polar surface area (TPSA) is 66.7 Å². The maximum Gasteiger partial charge on any atom is 0.278 e. The zero-order valence-corrected chi connectivity index (χ0v) is 15.7. The standard InChI is InChI=1S/C18H24N4O2S/c1-12(18-20-14-6-4-5-7-15(14)25-18)22(3)17(24)11-21(2)10-16(23)19-13-8-9-13/h4-7,12-13H,8-11H2,1-3H3,(H,19,23)/p+1/t12-/m1/s1. The first kappa shape index (κ1) is 17.8. The number of nitrogens with zero attached hydrogens (tertiary/aromatic N) is 2. The SMILES string of the molecule is C[C@H](c1nc2ccccc2s1)N(C)C(=O)C[NH+](C)CC(=O)NC1CC1. The van der Waals surface area contributed by atoms with E-state index in [2.05, 4.69) is 10.3 Å². The number of thiazole rings is 1. The summed E-state index contributed by atoms with van der Waals surface area (Å²) in [6.45, 7) is 2.61. The van der Waals surface area contributed by atoms with E-state index in [0.717, 1.165) is 33.0 Å². The molecule has 1 aliphatic rings. The molecule has 1 aromatic heterocycles. The third-order valence-electron chi connectivity index (χ3n) is 4.50. The van der Waals surface area contributed by atoms with Gasteiger partial charge in [0.2, 0.25) is 0 Å². The van der Waals surface area contributed by atoms with Gasteiger partial charge in [0, 0.05) is 13.1 Å². The molecule has 7 heteroatoms. The average molecular weight is 361 g/mol. The fourth-order valence-electron chi connectivity index (χ4n) is 2.68. The number of quaternary nitrogens is 1. The predicted molar refractivity (Wildman–Crippen MR) is 98.6 cm³/mol. The maximum absolute atomic E-state index is 12.5. The Balaban J connectivity index is 1.55. The minimum absolute atomic E-state index is 0.0171. The van der Waals surface area contributed by atoms with Crippen LogP contribution in [-0.2, 0) is 9.59 Å². The van der Waals surface area contributed by atoms with Gasteiger partial charge >= 0.3 is 0 Å². The number of para-hydroxylation sites is 1. The molecule has 0 saturated heterocycles. The number of aromatic nitrogens is 1. The average Bonchev–Trinajstić information content (AvgIpc) is 3.27. The lowest BCUT2D eigenvalue weighted by Crippen LogP contribution is -3.11. The molecule has 0 spiro atoms. The second kappa shape index (κ2) is 7.49. The Morgan fingerprint density at radius 2 is 2.08 bits per heavy atom. The lowest BCUT2D eigenvalue weighted by Gasteiger charge is -2.24. The number of benzene rings is 1. The van der Waals surface area contributed by atoms with E-state index in [9.17, 15) is 9.59 Å². The van der Waals surface area contributed by atoms with Crippen LogP contribution >= 0.6 is 11.3 Å². The molecule has 2 atom stereocenters. The first-order valence-corrected chi connectivity index (χ1v) is 9.47. The van der Waals surface area contributed by atoms with Crippen LogP contribution in [0.25, 0.3) is 10.2 Å². The molecule has 2 aromatic rings. The second-order valence-electron chi connectivity index (χ2n) is 6.85. The number of carbonyl (C=O) groups excluding carboxylic acids is 2. The summed E-state index contributed by atoms with van der Waals surface area (Å²) in [5.41, 5.74) is 0.967. The molecule has 134 valence electrons. The van der Waals surface area contributed by atoms with Crippen molar-refractivity contribution in [1.82, 2.24) is 15.2 Å². The summed E-state index contributed by atoms with van der Waals surface area (Å²) < 4.78 is 1.13. The van der Waals surface area contributed by atoms with Crippen molar-refractivity contribution in [1.29, 1.82) is 0 Å². The number of amides is 2. The number of likely N-dealkylation sites (N-methyl/N-ethyl adjacent to an activating group) is 2. The Hall–Kier alpha value is -1.99. The molecular weight excluding hydrogens is 336 g/mol. The van der Waals surface area contributed by atoms with Crippen LogP contribution in [0.5, 0.6) is 0 Å². The van der Waals surface area contributed by atoms with Gasteiger partial charge in [-0.05, 0) is 31.9 Å². The zero-order valence-electron chi connectivity index (χ0n) is 14.9. The van der Waals surface area contributed by atoms with Crippen molar-refractivity contribution in [3.05, 3.63) is 29.3 Å². The Bertz CT molecular complexity index is 738. The molecule has 1 aromatic carbocycles. The molecule has 3 rings (SSSR count). The van der Waals surface area contributed by atoms with Crippen molar-refractivity contribution >= 4 is 33.4 Å². The lowest BCUT2D eigenvalue weighted by atomic mass is 10.3. The Morgan fingerprint density at radius 1 is 1.36 bits per heavy atom. The minimum Gasteiger partial charge on any atom is -0.348 e. The van der Waals surface area contributed by atoms with Crippen molar-refractivity contribution in [2.24, 2.45) is 0 Å². The van der Waals surface area contributed by atoms with Crippen molar-refractivity contribution in [2.75, 3.05) is 27.2 Å². The summed E-state index contributed by atoms with van der Waals surface area (Å²) in [5, 5.41) is 3.89. The fourth-order valence-corrected chi connectivity index (χ4v) is 3.74. The zero-order chi connectivity index (χ0) is 18.0. The Morgan fingerprint density at radius 3 is 2.76 bits per heavy atom. The van der Waals surface area contributed by atoms with Gasteiger partial charge in [-0.25, -0.2) is 4.98 Å². The molecule has 1 saturated carbocycles. The van der Waals surface area contributed by atoms with E-state index in [1.807, 2.05) is 38.2 Å². The van der Waals surface area contributed by atoms with E-state index >= 15 is 0 Å². The van der Waals surface area contributed by atoms with Crippen LogP contribution in [0.3, 0.4) is 0 Å². The van der Waals surface area contributed by atoms with Crippen LogP contribution in [0.2, 0.25) is 0 Å². The van der Waals surface area contributed by atoms with E-state index in [0.29, 0.717) is 19.1 Å². The predicted octanol–water partition coefficient (Wildman–Crippen LogP) is 0.609. The van der Waals surface area contributed by atoms with Crippen LogP contribution < -0.4 is 10.2 Å². The molecule has 0 bridgehead atoms. The van der Waals surface area contributed by atoms with E-state index < -0.39 is 0 Å². The normalized spacial score (nSPS) is 16.4. The maximum atomic E-state index is 12.5. The quantitative estimate of drug-likeness (QED) is 0.759. The van der Waals surface area contributed by atoms with Gasteiger partial charge < -0.3 is 15.1 Å². The number of carbonyl (C=O) groups is 2. The molecular formula is C18H25N4O2S+. The van der Waals surface area contributed by atoms with E-state index in [4.69, 9.17) is 0 Å². The largest absolute Gasteiger partial charge is 0.348 e. The highest BCUT2D eigenvalue weighted by atomic mass is 32.1. The summed E-state index contributed by atoms with van der Waals surface area (Å²) in [6.07, 6.45) is 2.15. The molecule has 1 aliphatic carbocycles. The molecule has 1 heterocycles. The summed E-state index contributed by atoms with van der Waals surface area (Å²) in [6, 6.07) is 8.27. The summed E-state index contributed by atoms with van der Waals surface area (Å²) in [5.74, 6) is 0.0400. The van der Waals surface area contributed by atoms with E-state index in [1.165, 1.54) is 0 Å². The van der Waals surface area contributed by atoms with Gasteiger partial charge in [0.1, 0.15) is 5.01 Å². The van der Waals surface area contributed by atoms with Crippen molar-refractivity contribution in [2.45, 2.75) is 31.8 Å². The summed E-state index contributed by atoms with van der Waals surface area (Å²) in [7, 11) is 3.68. The minimum atomic E-state index is -0.0852. The number of hydrogen-bond donors (Lipinski definition) is 2. The van der Waals surface area contributed by atoms with Crippen LogP contribution in [-0.4, -0.2) is 54.9 Å². The molecule has 2 N–H and O–H groups in total. The number of fused-ring (bicyclic) bond motifs is 1. The van der Waals surface area contributed by atoms with Gasteiger partial charge in [-0.2, -0.15) is 0 Å². The van der Waals surface area contributed by atoms with E-state index in [-0.39, 0.29) is 17.9 Å². The van der Waals surface area contributed by atoms with Gasteiger partial charge in [-0.1, -0.05) is 12.1 Å². The third kappa shape index (κ3) is 4.55. The van der Waals surface area contributed by atoms with Gasteiger partial charge in [-0.15, -0.1) is 11.3 Å². The van der Waals surface area contributed by atoms with Gasteiger partial charge in [-0.3, -0.25) is 9.59 Å². The molecule has 0 radical (unpaired) electrons. The fraction of sp³-hybridized carbons (Fsp3) is 0.500. The monoisotopic (exact) mass is 361 g/mol. The van der Waals surface area contributed by atoms with Gasteiger partial charge in [0.15, 0.2) is 13.1 Å². The molecule has 2 amide bonds. The molecule has 6 nitrogen and oxygen atoms in total. The van der Waals surface area contributed by atoms with Crippen LogP contribution in [0.1, 0.15) is 30.8 Å². The molecule has 25 heavy (non-hydrogen) atoms. The third-order valence-corrected chi connectivity index (χ3v) is 5.71. The summed E-state index contributed by atoms with van der Waals surface area (Å²) >= 11 is 1.62. The first-order valence-electron chi connectivity index (χ1n) is 8.66. The molecule has 1 fully saturated rings. The van der Waals surface area contributed by atoms with Crippen LogP contribution in [0.4, 0.5) is 0 Å². The van der Waals surface area contributed by atoms with Gasteiger partial charge in [0.25, 0.3) is 11.8 Å². The van der Waals surface area contributed by atoms with Crippen molar-refractivity contribution in [3.63, 3.8) is 0 Å². The Kier molecular flexibility index (Phi) is 5.34. The second-order valence-corrected chi connectivity index (χ2v) is 7.92. The lowest BCUT2D eigenvalue weighted by molar-refractivity contribution is -0.863. The van der Waals surface area contributed by atoms with Crippen LogP contribution in [0, 0.1) is 0 Å². The highest BCUT2D eigenvalue weighted by Gasteiger charge is 2.26. The molecule has 1 unspecified atom stereocenters. The summed E-state index contributed by atoms with van der Waals surface area (Å²) in [4.78, 5) is 31.6. The highest BCUT2D eigenvalue weighted by Crippen LogP contribution is 2.28. The number of rotatable bonds is 7. The van der Waals surface area contributed by atoms with Crippen molar-refractivity contribution < 1.29 is 14.5 Å². The Labute approximate surface area is 151 Å². The van der Waals surface area contributed by atoms with E-state index in [1.54, 1.807) is 23.3 Å². The molecule has 0 aliphatic heterocycles. The van der Waals surface area contributed by atoms with Crippen LogP contribution in [0.15, 0.2) is 24.3 Å².